The maximum atomic E-state index is 10.8. The highest BCUT2D eigenvalue weighted by Gasteiger charge is 2.28. The summed E-state index contributed by atoms with van der Waals surface area (Å²) in [4.78, 5) is 10.8. The number of hydrogen-bond donors (Lipinski definition) is 2. The Morgan fingerprint density at radius 3 is 2.91 bits per heavy atom. The summed E-state index contributed by atoms with van der Waals surface area (Å²) in [7, 11) is 1.26. The zero-order valence-electron chi connectivity index (χ0n) is 6.16. The molecule has 1 atom stereocenters. The van der Waals surface area contributed by atoms with E-state index in [1.165, 1.54) is 13.2 Å². The van der Waals surface area contributed by atoms with Crippen molar-refractivity contribution in [3.8, 4) is 0 Å². The Kier molecular flexibility index (Phi) is 2.08. The van der Waals surface area contributed by atoms with Crippen LogP contribution < -0.4 is 4.72 Å². The van der Waals surface area contributed by atoms with Gasteiger partial charge in [0, 0.05) is 6.08 Å². The van der Waals surface area contributed by atoms with Gasteiger partial charge in [-0.1, -0.05) is 0 Å². The van der Waals surface area contributed by atoms with Crippen molar-refractivity contribution in [1.82, 2.24) is 4.72 Å². The van der Waals surface area contributed by atoms with Crippen LogP contribution >= 0.6 is 11.1 Å². The summed E-state index contributed by atoms with van der Waals surface area (Å²) in [6.07, 6.45) is 1.24. The van der Waals surface area contributed by atoms with Crippen LogP contribution in [0.4, 0.5) is 0 Å². The SMILES string of the molecule is COS1(O)NC(=O)C=C(C)O1. The van der Waals surface area contributed by atoms with E-state index >= 15 is 0 Å². The van der Waals surface area contributed by atoms with Gasteiger partial charge in [-0.15, -0.1) is 0 Å². The van der Waals surface area contributed by atoms with E-state index in [9.17, 15) is 9.35 Å². The third-order valence-corrected chi connectivity index (χ3v) is 2.43. The van der Waals surface area contributed by atoms with E-state index in [1.54, 1.807) is 6.92 Å². The lowest BCUT2D eigenvalue weighted by molar-refractivity contribution is -0.115. The summed E-state index contributed by atoms with van der Waals surface area (Å²) in [6, 6.07) is 0. The molecule has 1 unspecified atom stereocenters. The van der Waals surface area contributed by atoms with Crippen LogP contribution in [0.15, 0.2) is 11.8 Å². The molecule has 6 heteroatoms. The van der Waals surface area contributed by atoms with E-state index < -0.39 is 17.0 Å². The minimum atomic E-state index is -2.84. The van der Waals surface area contributed by atoms with Crippen LogP contribution in [0.2, 0.25) is 0 Å². The predicted octanol–water partition coefficient (Wildman–Crippen LogP) is 0.706. The van der Waals surface area contributed by atoms with Crippen LogP contribution in [-0.2, 0) is 13.2 Å². The fraction of sp³-hybridized carbons (Fsp3) is 0.400. The van der Waals surface area contributed by atoms with Crippen molar-refractivity contribution in [3.05, 3.63) is 11.8 Å². The fourth-order valence-corrected chi connectivity index (χ4v) is 1.55. The Balaban J connectivity index is 2.79. The van der Waals surface area contributed by atoms with Gasteiger partial charge in [0.2, 0.25) is 11.1 Å². The molecule has 0 bridgehead atoms. The number of rotatable bonds is 1. The van der Waals surface area contributed by atoms with Crippen molar-refractivity contribution >= 4 is 17.0 Å². The second kappa shape index (κ2) is 2.72. The van der Waals surface area contributed by atoms with Gasteiger partial charge < -0.3 is 4.18 Å². The first kappa shape index (κ1) is 8.38. The number of nitrogens with one attached hydrogen (secondary N) is 1. The first-order chi connectivity index (χ1) is 5.06. The average molecular weight is 179 g/mol. The molecule has 1 amide bonds. The molecule has 0 aliphatic carbocycles. The molecule has 0 saturated heterocycles. The van der Waals surface area contributed by atoms with E-state index in [0.717, 1.165) is 0 Å². The minimum Gasteiger partial charge on any atom is -0.392 e. The average Bonchev–Trinajstić information content (AvgIpc) is 1.84. The molecule has 0 aromatic heterocycles. The maximum Gasteiger partial charge on any atom is 0.261 e. The van der Waals surface area contributed by atoms with Gasteiger partial charge in [-0.25, -0.2) is 4.72 Å². The van der Waals surface area contributed by atoms with Gasteiger partial charge in [0.1, 0.15) is 5.76 Å². The normalized spacial score (nSPS) is 36.3. The van der Waals surface area contributed by atoms with Gasteiger partial charge in [-0.2, -0.15) is 0 Å². The Morgan fingerprint density at radius 2 is 2.45 bits per heavy atom. The Hall–Kier alpha value is -0.720. The molecule has 1 aliphatic heterocycles. The first-order valence-corrected chi connectivity index (χ1v) is 4.30. The van der Waals surface area contributed by atoms with Crippen molar-refractivity contribution in [2.45, 2.75) is 6.92 Å². The fourth-order valence-electron chi connectivity index (χ4n) is 0.640. The summed E-state index contributed by atoms with van der Waals surface area (Å²) in [5, 5.41) is 0. The lowest BCUT2D eigenvalue weighted by Crippen LogP contribution is -2.32. The minimum absolute atomic E-state index is 0.341. The highest BCUT2D eigenvalue weighted by molar-refractivity contribution is 8.19. The quantitative estimate of drug-likeness (QED) is 0.622. The van der Waals surface area contributed by atoms with E-state index in [0.29, 0.717) is 5.76 Å². The van der Waals surface area contributed by atoms with Crippen LogP contribution in [0.3, 0.4) is 0 Å². The van der Waals surface area contributed by atoms with Gasteiger partial charge in [0.15, 0.2) is 0 Å². The molecule has 1 aliphatic rings. The van der Waals surface area contributed by atoms with E-state index in [2.05, 4.69) is 8.91 Å². The topological polar surface area (TPSA) is 67.8 Å². The first-order valence-electron chi connectivity index (χ1n) is 2.86. The molecule has 2 N–H and O–H groups in total. The van der Waals surface area contributed by atoms with Gasteiger partial charge in [-0.05, 0) is 6.92 Å². The summed E-state index contributed by atoms with van der Waals surface area (Å²) in [5.41, 5.74) is 0. The second-order valence-corrected chi connectivity index (χ2v) is 3.60. The Labute approximate surface area is 66.1 Å². The van der Waals surface area contributed by atoms with Crippen molar-refractivity contribution in [1.29, 1.82) is 0 Å². The van der Waals surface area contributed by atoms with Crippen molar-refractivity contribution in [3.63, 3.8) is 0 Å². The molecule has 0 saturated carbocycles. The molecule has 1 heterocycles. The molecular formula is C5H9NO4S. The Morgan fingerprint density at radius 1 is 1.82 bits per heavy atom. The van der Waals surface area contributed by atoms with Crippen LogP contribution in [0.5, 0.6) is 0 Å². The zero-order valence-corrected chi connectivity index (χ0v) is 6.97. The number of allylic oxidation sites excluding steroid dienone is 1. The van der Waals surface area contributed by atoms with E-state index in [-0.39, 0.29) is 0 Å². The highest BCUT2D eigenvalue weighted by atomic mass is 32.3. The molecule has 1 rings (SSSR count). The Bertz CT molecular complexity index is 217. The van der Waals surface area contributed by atoms with Crippen molar-refractivity contribution < 1.29 is 17.7 Å². The van der Waals surface area contributed by atoms with Crippen molar-refractivity contribution in [2.24, 2.45) is 0 Å². The predicted molar refractivity (Wildman–Crippen MR) is 40.2 cm³/mol. The van der Waals surface area contributed by atoms with E-state index in [4.69, 9.17) is 4.18 Å². The molecule has 0 radical (unpaired) electrons. The summed E-state index contributed by atoms with van der Waals surface area (Å²) in [6.45, 7) is 1.57. The number of carbonyl (C=O) groups excluding carboxylic acids is 1. The summed E-state index contributed by atoms with van der Waals surface area (Å²) >= 11 is -2.84. The standard InChI is InChI=1S/C5H9NO4S/c1-4-3-5(7)6-11(8,9-2)10-4/h3,8H,1-2H3,(H,6,7). The van der Waals surface area contributed by atoms with E-state index in [1.807, 2.05) is 0 Å². The molecule has 0 fully saturated rings. The summed E-state index contributed by atoms with van der Waals surface area (Å²) in [5.74, 6) is -0.0683. The molecule has 0 aromatic carbocycles. The van der Waals surface area contributed by atoms with Gasteiger partial charge >= 0.3 is 0 Å². The lowest BCUT2D eigenvalue weighted by Gasteiger charge is -2.33. The summed E-state index contributed by atoms with van der Waals surface area (Å²) < 4.78 is 20.8. The monoisotopic (exact) mass is 179 g/mol. The molecule has 0 aromatic rings. The molecule has 5 nitrogen and oxygen atoms in total. The molecular weight excluding hydrogens is 170 g/mol. The second-order valence-electron chi connectivity index (χ2n) is 1.95. The van der Waals surface area contributed by atoms with Gasteiger partial charge in [0.25, 0.3) is 5.91 Å². The zero-order chi connectivity index (χ0) is 8.48. The third kappa shape index (κ3) is 1.86. The number of amides is 1. The number of hydrogen-bond acceptors (Lipinski definition) is 4. The molecule has 0 spiro atoms. The van der Waals surface area contributed by atoms with Gasteiger partial charge in [-0.3, -0.25) is 13.5 Å². The van der Waals surface area contributed by atoms with Crippen LogP contribution in [0.1, 0.15) is 6.92 Å². The third-order valence-electron chi connectivity index (χ3n) is 1.03. The lowest BCUT2D eigenvalue weighted by atomic mass is 10.5. The highest BCUT2D eigenvalue weighted by Crippen LogP contribution is 2.44. The number of carbonyl (C=O) groups is 1. The largest absolute Gasteiger partial charge is 0.392 e. The molecule has 64 valence electrons. The van der Waals surface area contributed by atoms with Crippen LogP contribution in [-0.4, -0.2) is 17.6 Å². The maximum absolute atomic E-state index is 10.8. The van der Waals surface area contributed by atoms with Gasteiger partial charge in [0.05, 0.1) is 7.11 Å². The van der Waals surface area contributed by atoms with Crippen molar-refractivity contribution in [2.75, 3.05) is 7.11 Å². The smallest absolute Gasteiger partial charge is 0.261 e. The molecule has 11 heavy (non-hydrogen) atoms. The van der Waals surface area contributed by atoms with Crippen LogP contribution in [0.25, 0.3) is 0 Å². The van der Waals surface area contributed by atoms with Crippen LogP contribution in [0, 0.1) is 0 Å².